The molecule has 1 heterocycles. The van der Waals surface area contributed by atoms with Crippen molar-refractivity contribution in [1.29, 1.82) is 0 Å². The van der Waals surface area contributed by atoms with Gasteiger partial charge in [0.1, 0.15) is 5.76 Å². The van der Waals surface area contributed by atoms with Crippen LogP contribution in [0.4, 0.5) is 0 Å². The second kappa shape index (κ2) is 5.85. The fraction of sp³-hybridized carbons (Fsp3) is 0.545. The van der Waals surface area contributed by atoms with Crippen molar-refractivity contribution in [2.75, 3.05) is 7.11 Å². The van der Waals surface area contributed by atoms with Crippen molar-refractivity contribution < 1.29 is 13.9 Å². The van der Waals surface area contributed by atoms with E-state index in [0.29, 0.717) is 6.42 Å². The molecule has 0 saturated carbocycles. The van der Waals surface area contributed by atoms with Gasteiger partial charge in [-0.05, 0) is 18.6 Å². The van der Waals surface area contributed by atoms with Crippen LogP contribution >= 0.6 is 11.8 Å². The Kier molecular flexibility index (Phi) is 4.75. The number of rotatable bonds is 5. The van der Waals surface area contributed by atoms with Crippen molar-refractivity contribution in [3.63, 3.8) is 0 Å². The molecule has 1 rings (SSSR count). The third kappa shape index (κ3) is 4.00. The van der Waals surface area contributed by atoms with E-state index >= 15 is 0 Å². The molecule has 0 bridgehead atoms. The number of thioether (sulfide) groups is 1. The number of esters is 1. The minimum Gasteiger partial charge on any atom is -0.469 e. The van der Waals surface area contributed by atoms with Gasteiger partial charge in [-0.1, -0.05) is 6.92 Å². The zero-order chi connectivity index (χ0) is 11.3. The number of carbonyl (C=O) groups excluding carboxylic acids is 1. The lowest BCUT2D eigenvalue weighted by Gasteiger charge is -2.08. The van der Waals surface area contributed by atoms with E-state index in [1.807, 2.05) is 19.9 Å². The molecule has 1 atom stereocenters. The van der Waals surface area contributed by atoms with Gasteiger partial charge in [-0.25, -0.2) is 0 Å². The monoisotopic (exact) mass is 228 g/mol. The van der Waals surface area contributed by atoms with Gasteiger partial charge in [0.2, 0.25) is 0 Å². The van der Waals surface area contributed by atoms with E-state index in [9.17, 15) is 4.79 Å². The molecule has 3 nitrogen and oxygen atoms in total. The Morgan fingerprint density at radius 2 is 2.40 bits per heavy atom. The first-order valence-electron chi connectivity index (χ1n) is 4.85. The highest BCUT2D eigenvalue weighted by atomic mass is 32.2. The maximum Gasteiger partial charge on any atom is 0.306 e. The Hall–Kier alpha value is -0.900. The fourth-order valence-corrected chi connectivity index (χ4v) is 2.13. The number of methoxy groups -OCH3 is 1. The van der Waals surface area contributed by atoms with Gasteiger partial charge < -0.3 is 9.15 Å². The van der Waals surface area contributed by atoms with Crippen LogP contribution in [-0.2, 0) is 15.3 Å². The van der Waals surface area contributed by atoms with Crippen LogP contribution in [0.1, 0.15) is 24.7 Å². The molecule has 0 aliphatic carbocycles. The first-order valence-corrected chi connectivity index (χ1v) is 5.89. The van der Waals surface area contributed by atoms with Gasteiger partial charge in [0.05, 0.1) is 25.5 Å². The maximum absolute atomic E-state index is 11.0. The van der Waals surface area contributed by atoms with Crippen molar-refractivity contribution in [1.82, 2.24) is 0 Å². The van der Waals surface area contributed by atoms with E-state index in [1.54, 1.807) is 18.0 Å². The molecule has 1 unspecified atom stereocenters. The van der Waals surface area contributed by atoms with Gasteiger partial charge in [-0.15, -0.1) is 0 Å². The molecule has 0 aromatic carbocycles. The Labute approximate surface area is 94.2 Å². The Bertz CT molecular complexity index is 319. The van der Waals surface area contributed by atoms with Crippen LogP contribution in [-0.4, -0.2) is 18.3 Å². The van der Waals surface area contributed by atoms with Gasteiger partial charge in [-0.3, -0.25) is 4.79 Å². The van der Waals surface area contributed by atoms with Crippen LogP contribution in [0.3, 0.4) is 0 Å². The molecule has 0 N–H and O–H groups in total. The number of hydrogen-bond donors (Lipinski definition) is 0. The minimum atomic E-state index is -0.161. The lowest BCUT2D eigenvalue weighted by atomic mass is 10.3. The molecule has 1 aromatic rings. The van der Waals surface area contributed by atoms with Crippen LogP contribution < -0.4 is 0 Å². The van der Waals surface area contributed by atoms with Crippen molar-refractivity contribution in [2.24, 2.45) is 0 Å². The fourth-order valence-electron chi connectivity index (χ4n) is 1.15. The van der Waals surface area contributed by atoms with E-state index in [-0.39, 0.29) is 11.2 Å². The molecule has 0 aliphatic rings. The Morgan fingerprint density at radius 3 is 2.93 bits per heavy atom. The first kappa shape index (κ1) is 12.2. The smallest absolute Gasteiger partial charge is 0.306 e. The molecule has 0 spiro atoms. The maximum atomic E-state index is 11.0. The SMILES string of the molecule is COC(=O)CC(C)SCc1occc1C. The third-order valence-electron chi connectivity index (χ3n) is 2.15. The molecule has 0 radical (unpaired) electrons. The molecule has 4 heteroatoms. The minimum absolute atomic E-state index is 0.161. The predicted molar refractivity (Wildman–Crippen MR) is 60.8 cm³/mol. The summed E-state index contributed by atoms with van der Waals surface area (Å²) in [6, 6.07) is 1.95. The van der Waals surface area contributed by atoms with Gasteiger partial charge in [0.25, 0.3) is 0 Å². The standard InChI is InChI=1S/C11H16O3S/c1-8-4-5-14-10(8)7-15-9(2)6-11(12)13-3/h4-5,9H,6-7H2,1-3H3. The summed E-state index contributed by atoms with van der Waals surface area (Å²) in [6.07, 6.45) is 2.14. The number of hydrogen-bond acceptors (Lipinski definition) is 4. The highest BCUT2D eigenvalue weighted by Crippen LogP contribution is 2.22. The normalized spacial score (nSPS) is 12.5. The molecule has 0 saturated heterocycles. The van der Waals surface area contributed by atoms with Crippen molar-refractivity contribution >= 4 is 17.7 Å². The Balaban J connectivity index is 2.31. The number of aryl methyl sites for hydroxylation is 1. The summed E-state index contributed by atoms with van der Waals surface area (Å²) >= 11 is 1.70. The molecule has 0 aliphatic heterocycles. The van der Waals surface area contributed by atoms with E-state index in [1.165, 1.54) is 7.11 Å². The topological polar surface area (TPSA) is 39.4 Å². The van der Waals surface area contributed by atoms with Gasteiger partial charge in [0, 0.05) is 5.25 Å². The van der Waals surface area contributed by atoms with Crippen molar-refractivity contribution in [2.45, 2.75) is 31.3 Å². The second-order valence-corrected chi connectivity index (χ2v) is 4.86. The molecule has 1 aromatic heterocycles. The quantitative estimate of drug-likeness (QED) is 0.726. The average molecular weight is 228 g/mol. The van der Waals surface area contributed by atoms with E-state index < -0.39 is 0 Å². The molecular weight excluding hydrogens is 212 g/mol. The van der Waals surface area contributed by atoms with Crippen LogP contribution in [0.2, 0.25) is 0 Å². The first-order chi connectivity index (χ1) is 7.13. The summed E-state index contributed by atoms with van der Waals surface area (Å²) in [6.45, 7) is 4.03. The largest absolute Gasteiger partial charge is 0.469 e. The number of furan rings is 1. The van der Waals surface area contributed by atoms with Gasteiger partial charge >= 0.3 is 5.97 Å². The van der Waals surface area contributed by atoms with Gasteiger partial charge in [-0.2, -0.15) is 11.8 Å². The highest BCUT2D eigenvalue weighted by Gasteiger charge is 2.11. The third-order valence-corrected chi connectivity index (χ3v) is 3.31. The van der Waals surface area contributed by atoms with Crippen LogP contribution in [0.25, 0.3) is 0 Å². The van der Waals surface area contributed by atoms with Crippen molar-refractivity contribution in [3.05, 3.63) is 23.7 Å². The average Bonchev–Trinajstić information content (AvgIpc) is 2.61. The highest BCUT2D eigenvalue weighted by molar-refractivity contribution is 7.99. The summed E-state index contributed by atoms with van der Waals surface area (Å²) in [4.78, 5) is 11.0. The molecule has 15 heavy (non-hydrogen) atoms. The van der Waals surface area contributed by atoms with E-state index in [2.05, 4.69) is 4.74 Å². The van der Waals surface area contributed by atoms with Crippen molar-refractivity contribution in [3.8, 4) is 0 Å². The summed E-state index contributed by atoms with van der Waals surface area (Å²) in [5, 5.41) is 0.252. The summed E-state index contributed by atoms with van der Waals surface area (Å²) in [5.41, 5.74) is 1.16. The zero-order valence-electron chi connectivity index (χ0n) is 9.28. The molecule has 0 amide bonds. The summed E-state index contributed by atoms with van der Waals surface area (Å²) < 4.78 is 9.91. The second-order valence-electron chi connectivity index (χ2n) is 3.43. The van der Waals surface area contributed by atoms with Crippen LogP contribution in [0.15, 0.2) is 16.7 Å². The zero-order valence-corrected chi connectivity index (χ0v) is 10.1. The molecular formula is C11H16O3S. The molecule has 84 valence electrons. The van der Waals surface area contributed by atoms with E-state index in [4.69, 9.17) is 4.42 Å². The Morgan fingerprint density at radius 1 is 1.67 bits per heavy atom. The van der Waals surface area contributed by atoms with Gasteiger partial charge in [0.15, 0.2) is 0 Å². The lowest BCUT2D eigenvalue weighted by molar-refractivity contribution is -0.140. The molecule has 0 fully saturated rings. The van der Waals surface area contributed by atoms with Crippen LogP contribution in [0, 0.1) is 6.92 Å². The van der Waals surface area contributed by atoms with Crippen LogP contribution in [0.5, 0.6) is 0 Å². The predicted octanol–water partition coefficient (Wildman–Crippen LogP) is 2.77. The van der Waals surface area contributed by atoms with E-state index in [0.717, 1.165) is 17.1 Å². The summed E-state index contributed by atoms with van der Waals surface area (Å²) in [5.74, 6) is 1.62. The summed E-state index contributed by atoms with van der Waals surface area (Å²) in [7, 11) is 1.41. The number of carbonyl (C=O) groups is 1. The lowest BCUT2D eigenvalue weighted by Crippen LogP contribution is -2.08. The number of ether oxygens (including phenoxy) is 1.